The summed E-state index contributed by atoms with van der Waals surface area (Å²) in [6.07, 6.45) is -4.63. The van der Waals surface area contributed by atoms with E-state index in [1.807, 2.05) is 0 Å². The molecular formula is C13H9Cl2F3N3O2S+. The second-order valence-electron chi connectivity index (χ2n) is 4.73. The standard InChI is InChI=1S/C13H9Cl2F3N3O2S/c1-5(22)10-7(4-24-23)12(19)21(20-10)11-8(14)2-6(3-9(11)15)13(16,17)18/h2-3H,4,19H2,1H3/q+1. The van der Waals surface area contributed by atoms with Gasteiger partial charge >= 0.3 is 17.8 Å². The minimum Gasteiger partial charge on any atom is -0.383 e. The fourth-order valence-electron chi connectivity index (χ4n) is 2.05. The Morgan fingerprint density at radius 3 is 2.29 bits per heavy atom. The number of carbonyl (C=O) groups excluding carboxylic acids is 1. The lowest BCUT2D eigenvalue weighted by Gasteiger charge is -2.13. The van der Waals surface area contributed by atoms with Crippen molar-refractivity contribution in [3.8, 4) is 5.69 Å². The predicted octanol–water partition coefficient (Wildman–Crippen LogP) is 3.91. The normalized spacial score (nSPS) is 11.6. The average Bonchev–Trinajstić information content (AvgIpc) is 2.76. The quantitative estimate of drug-likeness (QED) is 0.625. The summed E-state index contributed by atoms with van der Waals surface area (Å²) >= 11 is 12.0. The lowest BCUT2D eigenvalue weighted by molar-refractivity contribution is -0.137. The van der Waals surface area contributed by atoms with E-state index in [1.165, 1.54) is 6.92 Å². The van der Waals surface area contributed by atoms with E-state index in [0.29, 0.717) is 12.1 Å². The van der Waals surface area contributed by atoms with Gasteiger partial charge in [-0.15, -0.1) is 0 Å². The first-order chi connectivity index (χ1) is 11.1. The van der Waals surface area contributed by atoms with Gasteiger partial charge in [0.05, 0.1) is 21.2 Å². The van der Waals surface area contributed by atoms with Crippen LogP contribution in [0.25, 0.3) is 5.69 Å². The smallest absolute Gasteiger partial charge is 0.383 e. The Hall–Kier alpha value is -1.71. The molecule has 2 N–H and O–H groups in total. The molecule has 0 amide bonds. The van der Waals surface area contributed by atoms with Gasteiger partial charge in [0.1, 0.15) is 17.2 Å². The largest absolute Gasteiger partial charge is 0.464 e. The number of halogens is 5. The third kappa shape index (κ3) is 3.38. The van der Waals surface area contributed by atoms with Crippen molar-refractivity contribution in [2.45, 2.75) is 18.9 Å². The minimum absolute atomic E-state index is 0.0668. The monoisotopic (exact) mass is 398 g/mol. The molecule has 0 saturated heterocycles. The molecule has 0 unspecified atom stereocenters. The number of nitrogens with two attached hydrogens (primary N) is 1. The van der Waals surface area contributed by atoms with E-state index in [0.717, 1.165) is 4.68 Å². The number of Topliss-reactive ketones (excluding diaryl/α,β-unsaturated/α-hetero) is 1. The van der Waals surface area contributed by atoms with Gasteiger partial charge in [-0.2, -0.15) is 18.3 Å². The Labute approximate surface area is 148 Å². The van der Waals surface area contributed by atoms with E-state index in [9.17, 15) is 22.2 Å². The number of rotatable bonds is 4. The molecule has 1 aromatic carbocycles. The molecule has 0 aliphatic rings. The van der Waals surface area contributed by atoms with Crippen molar-refractivity contribution in [3.63, 3.8) is 0 Å². The Morgan fingerprint density at radius 2 is 1.88 bits per heavy atom. The SMILES string of the molecule is CC(=O)c1nn(-c2c(Cl)cc(C(F)(F)F)cc2Cl)c(N)c1C[S+]=O. The number of carbonyl (C=O) groups is 1. The van der Waals surface area contributed by atoms with Gasteiger partial charge in [0, 0.05) is 11.1 Å². The summed E-state index contributed by atoms with van der Waals surface area (Å²) < 4.78 is 50.1. The summed E-state index contributed by atoms with van der Waals surface area (Å²) in [5, 5.41) is 3.26. The Balaban J connectivity index is 2.71. The molecule has 24 heavy (non-hydrogen) atoms. The zero-order valence-corrected chi connectivity index (χ0v) is 14.3. The molecule has 5 nitrogen and oxygen atoms in total. The van der Waals surface area contributed by atoms with Crippen LogP contribution >= 0.6 is 23.2 Å². The molecule has 1 heterocycles. The first-order valence-electron chi connectivity index (χ1n) is 6.27. The Morgan fingerprint density at radius 1 is 1.33 bits per heavy atom. The molecule has 0 atom stereocenters. The van der Waals surface area contributed by atoms with Crippen LogP contribution in [0.2, 0.25) is 10.0 Å². The molecule has 0 aliphatic carbocycles. The number of hydrogen-bond acceptors (Lipinski definition) is 4. The van der Waals surface area contributed by atoms with Gasteiger partial charge in [-0.3, -0.25) is 4.79 Å². The lowest BCUT2D eigenvalue weighted by Crippen LogP contribution is -2.09. The maximum Gasteiger partial charge on any atom is 0.464 e. The third-order valence-electron chi connectivity index (χ3n) is 3.12. The summed E-state index contributed by atoms with van der Waals surface area (Å²) in [6, 6.07) is 1.36. The van der Waals surface area contributed by atoms with Crippen molar-refractivity contribution in [2.75, 3.05) is 5.73 Å². The fraction of sp³-hybridized carbons (Fsp3) is 0.231. The average molecular weight is 399 g/mol. The van der Waals surface area contributed by atoms with Gasteiger partial charge in [-0.25, -0.2) is 4.68 Å². The maximum absolute atomic E-state index is 12.8. The number of alkyl halides is 3. The number of nitrogens with zero attached hydrogens (tertiary/aromatic N) is 2. The van der Waals surface area contributed by atoms with Gasteiger partial charge < -0.3 is 5.73 Å². The summed E-state index contributed by atoms with van der Waals surface area (Å²) in [6.45, 7) is 1.22. The van der Waals surface area contributed by atoms with Gasteiger partial charge in [0.15, 0.2) is 5.78 Å². The van der Waals surface area contributed by atoms with Gasteiger partial charge in [0.2, 0.25) is 0 Å². The molecule has 2 aromatic rings. The van der Waals surface area contributed by atoms with Gasteiger partial charge in [-0.1, -0.05) is 23.2 Å². The van der Waals surface area contributed by atoms with E-state index in [2.05, 4.69) is 5.10 Å². The highest BCUT2D eigenvalue weighted by atomic mass is 35.5. The van der Waals surface area contributed by atoms with Gasteiger partial charge in [0.25, 0.3) is 5.75 Å². The Bertz CT molecular complexity index is 814. The highest BCUT2D eigenvalue weighted by Gasteiger charge is 2.33. The van der Waals surface area contributed by atoms with E-state index in [-0.39, 0.29) is 50.2 Å². The first kappa shape index (κ1) is 18.6. The van der Waals surface area contributed by atoms with Crippen LogP contribution in [0.3, 0.4) is 0 Å². The van der Waals surface area contributed by atoms with Crippen molar-refractivity contribution in [3.05, 3.63) is 39.0 Å². The lowest BCUT2D eigenvalue weighted by atomic mass is 10.2. The number of anilines is 1. The molecule has 0 spiro atoms. The van der Waals surface area contributed by atoms with E-state index in [4.69, 9.17) is 28.9 Å². The van der Waals surface area contributed by atoms with Crippen LogP contribution in [-0.4, -0.2) is 15.6 Å². The van der Waals surface area contributed by atoms with Crippen molar-refractivity contribution in [1.82, 2.24) is 9.78 Å². The fourth-order valence-corrected chi connectivity index (χ4v) is 3.10. The zero-order chi connectivity index (χ0) is 18.2. The molecule has 0 bridgehead atoms. The van der Waals surface area contributed by atoms with Crippen molar-refractivity contribution < 1.29 is 22.2 Å². The van der Waals surface area contributed by atoms with Crippen molar-refractivity contribution >= 4 is 46.5 Å². The van der Waals surface area contributed by atoms with E-state index in [1.54, 1.807) is 0 Å². The van der Waals surface area contributed by atoms with Crippen LogP contribution in [-0.2, 0) is 27.8 Å². The van der Waals surface area contributed by atoms with E-state index >= 15 is 0 Å². The highest BCUT2D eigenvalue weighted by molar-refractivity contribution is 7.64. The molecular weight excluding hydrogens is 390 g/mol. The minimum atomic E-state index is -4.63. The summed E-state index contributed by atoms with van der Waals surface area (Å²) in [5.74, 6) is -0.688. The predicted molar refractivity (Wildman–Crippen MR) is 84.8 cm³/mol. The van der Waals surface area contributed by atoms with Crippen molar-refractivity contribution in [1.29, 1.82) is 0 Å². The molecule has 0 radical (unpaired) electrons. The number of nitrogen functional groups attached to an aromatic ring is 1. The summed E-state index contributed by atoms with van der Waals surface area (Å²) in [7, 11) is 0. The second kappa shape index (κ2) is 6.66. The third-order valence-corrected chi connectivity index (χ3v) is 4.10. The topological polar surface area (TPSA) is 78.0 Å². The second-order valence-corrected chi connectivity index (χ2v) is 6.07. The number of aromatic nitrogens is 2. The van der Waals surface area contributed by atoms with Crippen molar-refractivity contribution in [2.24, 2.45) is 0 Å². The molecule has 128 valence electrons. The molecule has 0 saturated carbocycles. The highest BCUT2D eigenvalue weighted by Crippen LogP contribution is 2.38. The van der Waals surface area contributed by atoms with Crippen LogP contribution in [0.4, 0.5) is 19.0 Å². The number of hydrogen-bond donors (Lipinski definition) is 1. The molecule has 0 aliphatic heterocycles. The van der Waals surface area contributed by atoms with Gasteiger partial charge in [-0.05, 0) is 12.1 Å². The Kier molecular flexibility index (Phi) is 5.17. The maximum atomic E-state index is 12.8. The molecule has 1 aromatic heterocycles. The summed E-state index contributed by atoms with van der Waals surface area (Å²) in [4.78, 5) is 11.6. The van der Waals surface area contributed by atoms with Crippen LogP contribution in [0.5, 0.6) is 0 Å². The molecule has 2 rings (SSSR count). The van der Waals surface area contributed by atoms with Crippen LogP contribution in [0, 0.1) is 0 Å². The van der Waals surface area contributed by atoms with Crippen LogP contribution in [0.1, 0.15) is 28.5 Å². The first-order valence-corrected chi connectivity index (χ1v) is 7.94. The number of benzene rings is 1. The summed E-state index contributed by atoms with van der Waals surface area (Å²) in [5.41, 5.74) is 4.85. The number of ketones is 1. The van der Waals surface area contributed by atoms with Crippen LogP contribution < -0.4 is 5.73 Å². The molecule has 0 fully saturated rings. The zero-order valence-electron chi connectivity index (χ0n) is 11.9. The molecule has 11 heteroatoms. The van der Waals surface area contributed by atoms with Crippen LogP contribution in [0.15, 0.2) is 12.1 Å². The van der Waals surface area contributed by atoms with E-state index < -0.39 is 17.5 Å².